The number of anilines is 1. The Balaban J connectivity index is 2.21. The molecule has 2 heterocycles. The predicted molar refractivity (Wildman–Crippen MR) is 72.7 cm³/mol. The van der Waals surface area contributed by atoms with Crippen molar-refractivity contribution in [2.45, 2.75) is 6.92 Å². The first kappa shape index (κ1) is 13.2. The van der Waals surface area contributed by atoms with Crippen molar-refractivity contribution < 1.29 is 4.79 Å². The molecular weight excluding hydrogens is 296 g/mol. The van der Waals surface area contributed by atoms with Gasteiger partial charge in [-0.2, -0.15) is 0 Å². The summed E-state index contributed by atoms with van der Waals surface area (Å²) >= 11 is 17.2. The topological polar surface area (TPSA) is 57.8 Å². The molecule has 0 aliphatic rings. The van der Waals surface area contributed by atoms with Crippen LogP contribution in [0.1, 0.15) is 16.2 Å². The zero-order valence-electron chi connectivity index (χ0n) is 9.22. The monoisotopic (exact) mass is 303 g/mol. The molecule has 0 bridgehead atoms. The van der Waals surface area contributed by atoms with E-state index in [9.17, 15) is 4.79 Å². The summed E-state index contributed by atoms with van der Waals surface area (Å²) in [5.74, 6) is -0.351. The van der Waals surface area contributed by atoms with Gasteiger partial charge in [0.1, 0.15) is 16.0 Å². The molecule has 0 aliphatic heterocycles. The first-order valence-corrected chi connectivity index (χ1v) is 6.09. The van der Waals surface area contributed by atoms with Gasteiger partial charge in [-0.15, -0.1) is 0 Å². The van der Waals surface area contributed by atoms with Crippen LogP contribution < -0.4 is 5.32 Å². The Morgan fingerprint density at radius 3 is 2.61 bits per heavy atom. The minimum atomic E-state index is -0.351. The van der Waals surface area contributed by atoms with E-state index in [0.717, 1.165) is 0 Å². The molecule has 4 nitrogen and oxygen atoms in total. The second kappa shape index (κ2) is 5.18. The van der Waals surface area contributed by atoms with Gasteiger partial charge in [-0.1, -0.05) is 34.8 Å². The molecule has 2 rings (SSSR count). The van der Waals surface area contributed by atoms with Gasteiger partial charge in [-0.25, -0.2) is 4.98 Å². The van der Waals surface area contributed by atoms with E-state index in [1.807, 2.05) is 0 Å². The van der Waals surface area contributed by atoms with Crippen molar-refractivity contribution in [3.63, 3.8) is 0 Å². The number of aryl methyl sites for hydroxylation is 1. The molecule has 2 aromatic rings. The normalized spacial score (nSPS) is 10.4. The number of carbonyl (C=O) groups is 1. The van der Waals surface area contributed by atoms with E-state index < -0.39 is 0 Å². The third-order valence-corrected chi connectivity index (χ3v) is 3.17. The Morgan fingerprint density at radius 2 is 2.06 bits per heavy atom. The maximum absolute atomic E-state index is 11.9. The number of carbonyl (C=O) groups excluding carboxylic acids is 1. The van der Waals surface area contributed by atoms with Crippen molar-refractivity contribution in [3.05, 3.63) is 44.9 Å². The highest BCUT2D eigenvalue weighted by Crippen LogP contribution is 2.23. The summed E-state index contributed by atoms with van der Waals surface area (Å²) in [7, 11) is 0. The van der Waals surface area contributed by atoms with Gasteiger partial charge in [0, 0.05) is 0 Å². The number of hydrogen-bond acceptors (Lipinski definition) is 2. The van der Waals surface area contributed by atoms with Crippen LogP contribution in [0, 0.1) is 6.92 Å². The molecule has 2 aromatic heterocycles. The Bertz CT molecular complexity index is 590. The number of amides is 1. The Morgan fingerprint density at radius 1 is 1.33 bits per heavy atom. The number of halogens is 3. The smallest absolute Gasteiger partial charge is 0.272 e. The maximum atomic E-state index is 11.9. The number of aromatic amines is 1. The lowest BCUT2D eigenvalue weighted by Crippen LogP contribution is -2.13. The van der Waals surface area contributed by atoms with Crippen molar-refractivity contribution >= 4 is 46.4 Å². The van der Waals surface area contributed by atoms with Gasteiger partial charge in [-0.05, 0) is 25.1 Å². The minimum Gasteiger partial charge on any atom is -0.340 e. The fraction of sp³-hybridized carbons (Fsp3) is 0.0909. The lowest BCUT2D eigenvalue weighted by atomic mass is 10.3. The molecule has 0 spiro atoms. The van der Waals surface area contributed by atoms with Crippen molar-refractivity contribution in [1.29, 1.82) is 0 Å². The molecule has 0 unspecified atom stereocenters. The molecule has 0 radical (unpaired) electrons. The van der Waals surface area contributed by atoms with Crippen LogP contribution in [0.5, 0.6) is 0 Å². The van der Waals surface area contributed by atoms with Gasteiger partial charge in [0.2, 0.25) is 0 Å². The molecule has 18 heavy (non-hydrogen) atoms. The van der Waals surface area contributed by atoms with Crippen molar-refractivity contribution in [2.24, 2.45) is 0 Å². The average Bonchev–Trinajstić information content (AvgIpc) is 2.63. The first-order valence-electron chi connectivity index (χ1n) is 4.96. The summed E-state index contributed by atoms with van der Waals surface area (Å²) in [4.78, 5) is 18.6. The molecule has 2 N–H and O–H groups in total. The highest BCUT2D eigenvalue weighted by atomic mass is 35.5. The lowest BCUT2D eigenvalue weighted by Gasteiger charge is -2.06. The molecule has 94 valence electrons. The summed E-state index contributed by atoms with van der Waals surface area (Å²) in [5.41, 5.74) is 1.48. The number of nitrogens with one attached hydrogen (secondary N) is 2. The molecule has 0 aromatic carbocycles. The third kappa shape index (κ3) is 2.77. The van der Waals surface area contributed by atoms with E-state index in [1.165, 1.54) is 6.07 Å². The van der Waals surface area contributed by atoms with Crippen molar-refractivity contribution in [1.82, 2.24) is 9.97 Å². The van der Waals surface area contributed by atoms with Crippen LogP contribution in [-0.2, 0) is 0 Å². The van der Waals surface area contributed by atoms with Crippen LogP contribution in [0.25, 0.3) is 0 Å². The Hall–Kier alpha value is -1.23. The van der Waals surface area contributed by atoms with Gasteiger partial charge in [0.25, 0.3) is 5.91 Å². The maximum Gasteiger partial charge on any atom is 0.272 e. The van der Waals surface area contributed by atoms with Gasteiger partial charge in [-0.3, -0.25) is 4.79 Å². The van der Waals surface area contributed by atoms with E-state index in [2.05, 4.69) is 15.3 Å². The van der Waals surface area contributed by atoms with E-state index >= 15 is 0 Å². The number of hydrogen-bond donors (Lipinski definition) is 2. The number of nitrogens with zero attached hydrogens (tertiary/aromatic N) is 1. The van der Waals surface area contributed by atoms with E-state index in [1.54, 1.807) is 19.1 Å². The van der Waals surface area contributed by atoms with Crippen LogP contribution in [0.2, 0.25) is 15.3 Å². The van der Waals surface area contributed by atoms with Gasteiger partial charge < -0.3 is 10.3 Å². The largest absolute Gasteiger partial charge is 0.340 e. The highest BCUT2D eigenvalue weighted by molar-refractivity contribution is 6.41. The molecule has 0 atom stereocenters. The lowest BCUT2D eigenvalue weighted by molar-refractivity contribution is 0.102. The molecule has 0 aliphatic carbocycles. The Labute approximate surface area is 118 Å². The summed E-state index contributed by atoms with van der Waals surface area (Å²) in [6.07, 6.45) is 0. The molecule has 0 fully saturated rings. The molecule has 1 amide bonds. The van der Waals surface area contributed by atoms with E-state index in [4.69, 9.17) is 34.8 Å². The van der Waals surface area contributed by atoms with Crippen LogP contribution in [0.4, 0.5) is 5.69 Å². The second-order valence-electron chi connectivity index (χ2n) is 3.57. The van der Waals surface area contributed by atoms with Crippen molar-refractivity contribution in [2.75, 3.05) is 5.32 Å². The third-order valence-electron chi connectivity index (χ3n) is 2.27. The van der Waals surface area contributed by atoms with E-state index in [0.29, 0.717) is 21.6 Å². The fourth-order valence-corrected chi connectivity index (χ4v) is 1.88. The van der Waals surface area contributed by atoms with Gasteiger partial charge in [0.15, 0.2) is 0 Å². The standard InChI is InChI=1S/C11H8Cl3N3O/c1-5-7(2-3-9(13)15-5)17-11(18)8-4-6(12)10(14)16-8/h2-4,16H,1H3,(H,17,18). The number of aromatic nitrogens is 2. The van der Waals surface area contributed by atoms with Crippen LogP contribution in [-0.4, -0.2) is 15.9 Å². The first-order chi connectivity index (χ1) is 8.47. The fourth-order valence-electron chi connectivity index (χ4n) is 1.38. The summed E-state index contributed by atoms with van der Waals surface area (Å²) in [6.45, 7) is 1.75. The minimum absolute atomic E-state index is 0.229. The van der Waals surface area contributed by atoms with Gasteiger partial charge >= 0.3 is 0 Å². The number of rotatable bonds is 2. The number of H-pyrrole nitrogens is 1. The SMILES string of the molecule is Cc1nc(Cl)ccc1NC(=O)c1cc(Cl)c(Cl)[nH]1. The van der Waals surface area contributed by atoms with Crippen LogP contribution in [0.3, 0.4) is 0 Å². The predicted octanol–water partition coefficient (Wildman–Crippen LogP) is 3.93. The summed E-state index contributed by atoms with van der Waals surface area (Å²) in [5, 5.41) is 3.59. The van der Waals surface area contributed by atoms with E-state index in [-0.39, 0.29) is 16.8 Å². The highest BCUT2D eigenvalue weighted by Gasteiger charge is 2.13. The Kier molecular flexibility index (Phi) is 3.80. The zero-order valence-corrected chi connectivity index (χ0v) is 11.5. The quantitative estimate of drug-likeness (QED) is 0.826. The van der Waals surface area contributed by atoms with Crippen molar-refractivity contribution in [3.8, 4) is 0 Å². The molecule has 0 saturated heterocycles. The second-order valence-corrected chi connectivity index (χ2v) is 4.74. The molecule has 0 saturated carbocycles. The molecule has 7 heteroatoms. The number of pyridine rings is 1. The van der Waals surface area contributed by atoms with Gasteiger partial charge in [0.05, 0.1) is 16.4 Å². The zero-order chi connectivity index (χ0) is 13.3. The summed E-state index contributed by atoms with van der Waals surface area (Å²) < 4.78 is 0. The summed E-state index contributed by atoms with van der Waals surface area (Å²) in [6, 6.07) is 4.73. The van der Waals surface area contributed by atoms with Crippen LogP contribution in [0.15, 0.2) is 18.2 Å². The average molecular weight is 305 g/mol. The molecular formula is C11H8Cl3N3O. The van der Waals surface area contributed by atoms with Crippen LogP contribution >= 0.6 is 34.8 Å².